The van der Waals surface area contributed by atoms with Crippen LogP contribution in [0, 0.1) is 34.0 Å². The number of allylic oxidation sites excluding steroid dienone is 1. The van der Waals surface area contributed by atoms with Gasteiger partial charge in [-0.1, -0.05) is 32.9 Å². The molecule has 4 fully saturated rings. The summed E-state index contributed by atoms with van der Waals surface area (Å²) < 4.78 is 18.8. The van der Waals surface area contributed by atoms with Gasteiger partial charge in [0.25, 0.3) is 0 Å². The molecule has 1 aromatic heterocycles. The molecule has 0 amide bonds. The van der Waals surface area contributed by atoms with E-state index in [2.05, 4.69) is 46.2 Å². The minimum Gasteiger partial charge on any atom is -0.493 e. The Balaban J connectivity index is 1.36. The topological polar surface area (TPSA) is 40.6 Å². The summed E-state index contributed by atoms with van der Waals surface area (Å²) in [5.41, 5.74) is 2.17. The molecular formula is C29H43NO3. The average Bonchev–Trinajstić information content (AvgIpc) is 2.75. The molecule has 0 aromatic carbocycles. The smallest absolute Gasteiger partial charge is 0.163 e. The number of hydrogen-bond acceptors (Lipinski definition) is 4. The van der Waals surface area contributed by atoms with Crippen LogP contribution < -0.4 is 4.74 Å². The van der Waals surface area contributed by atoms with Gasteiger partial charge in [-0.15, -0.1) is 0 Å². The van der Waals surface area contributed by atoms with Crippen LogP contribution in [-0.4, -0.2) is 30.1 Å². The second-order valence-electron chi connectivity index (χ2n) is 12.7. The van der Waals surface area contributed by atoms with Crippen molar-refractivity contribution in [3.63, 3.8) is 0 Å². The van der Waals surface area contributed by atoms with Crippen molar-refractivity contribution in [2.75, 3.05) is 13.2 Å². The summed E-state index contributed by atoms with van der Waals surface area (Å²) in [6.07, 6.45) is 12.4. The summed E-state index contributed by atoms with van der Waals surface area (Å²) in [4.78, 5) is 4.10. The molecule has 3 aliphatic carbocycles. The summed E-state index contributed by atoms with van der Waals surface area (Å²) in [6, 6.07) is 3.89. The van der Waals surface area contributed by atoms with Crippen molar-refractivity contribution in [1.29, 1.82) is 0 Å². The summed E-state index contributed by atoms with van der Waals surface area (Å²) in [5.74, 6) is 2.44. The fourth-order valence-electron chi connectivity index (χ4n) is 8.57. The lowest BCUT2D eigenvalue weighted by Crippen LogP contribution is -2.63. The third kappa shape index (κ3) is 3.95. The van der Waals surface area contributed by atoms with Gasteiger partial charge in [0.15, 0.2) is 5.79 Å². The van der Waals surface area contributed by atoms with E-state index in [-0.39, 0.29) is 5.41 Å². The Morgan fingerprint density at radius 2 is 1.85 bits per heavy atom. The van der Waals surface area contributed by atoms with E-state index < -0.39 is 5.79 Å². The molecule has 1 aromatic rings. The van der Waals surface area contributed by atoms with E-state index in [1.54, 1.807) is 12.4 Å². The van der Waals surface area contributed by atoms with Crippen LogP contribution in [0.2, 0.25) is 0 Å². The van der Waals surface area contributed by atoms with E-state index >= 15 is 0 Å². The van der Waals surface area contributed by atoms with Crippen LogP contribution in [0.25, 0.3) is 0 Å². The van der Waals surface area contributed by atoms with Gasteiger partial charge >= 0.3 is 0 Å². The zero-order valence-electron chi connectivity index (χ0n) is 21.4. The lowest BCUT2D eigenvalue weighted by atomic mass is 9.40. The van der Waals surface area contributed by atoms with E-state index in [9.17, 15) is 0 Å². The minimum absolute atomic E-state index is 0.105. The molecular weight excluding hydrogens is 410 g/mol. The van der Waals surface area contributed by atoms with E-state index in [1.165, 1.54) is 37.7 Å². The summed E-state index contributed by atoms with van der Waals surface area (Å²) in [5, 5.41) is 0. The van der Waals surface area contributed by atoms with Gasteiger partial charge in [0.1, 0.15) is 5.75 Å². The van der Waals surface area contributed by atoms with Crippen LogP contribution in [-0.2, 0) is 9.47 Å². The highest BCUT2D eigenvalue weighted by atomic mass is 16.7. The highest BCUT2D eigenvalue weighted by Crippen LogP contribution is 2.69. The Labute approximate surface area is 200 Å². The number of fused-ring (bicyclic) bond motifs is 4. The minimum atomic E-state index is -0.455. The van der Waals surface area contributed by atoms with Crippen molar-refractivity contribution in [2.24, 2.45) is 34.0 Å². The fraction of sp³-hybridized carbons (Fsp3) is 0.759. The van der Waals surface area contributed by atoms with Gasteiger partial charge < -0.3 is 14.2 Å². The Kier molecular flexibility index (Phi) is 5.72. The molecule has 2 unspecified atom stereocenters. The molecule has 4 aliphatic rings. The van der Waals surface area contributed by atoms with Crippen molar-refractivity contribution in [2.45, 2.75) is 91.5 Å². The quantitative estimate of drug-likeness (QED) is 0.470. The maximum absolute atomic E-state index is 6.51. The third-order valence-corrected chi connectivity index (χ3v) is 10.2. The van der Waals surface area contributed by atoms with Gasteiger partial charge in [0, 0.05) is 17.8 Å². The number of nitrogens with zero attached hydrogens (tertiary/aromatic N) is 1. The highest BCUT2D eigenvalue weighted by Gasteiger charge is 2.63. The molecule has 33 heavy (non-hydrogen) atoms. The van der Waals surface area contributed by atoms with Gasteiger partial charge in [-0.3, -0.25) is 4.98 Å². The first-order valence-electron chi connectivity index (χ1n) is 13.1. The van der Waals surface area contributed by atoms with Gasteiger partial charge in [-0.25, -0.2) is 0 Å². The van der Waals surface area contributed by atoms with E-state index in [4.69, 9.17) is 14.2 Å². The van der Waals surface area contributed by atoms with Crippen LogP contribution in [0.4, 0.5) is 0 Å². The van der Waals surface area contributed by atoms with Crippen LogP contribution in [0.5, 0.6) is 5.75 Å². The summed E-state index contributed by atoms with van der Waals surface area (Å²) in [7, 11) is 0. The van der Waals surface area contributed by atoms with Crippen LogP contribution >= 0.6 is 0 Å². The molecule has 3 saturated carbocycles. The molecule has 0 bridgehead atoms. The van der Waals surface area contributed by atoms with E-state index in [0.29, 0.717) is 28.8 Å². The monoisotopic (exact) mass is 453 g/mol. The van der Waals surface area contributed by atoms with Crippen molar-refractivity contribution in [3.05, 3.63) is 36.7 Å². The number of aromatic nitrogens is 1. The van der Waals surface area contributed by atoms with Crippen LogP contribution in [0.1, 0.15) is 79.6 Å². The second-order valence-corrected chi connectivity index (χ2v) is 12.7. The lowest BCUT2D eigenvalue weighted by Gasteiger charge is -2.67. The molecule has 1 aliphatic heterocycles. The maximum atomic E-state index is 6.51. The number of ether oxygens (including phenoxy) is 3. The average molecular weight is 454 g/mol. The normalized spacial score (nSPS) is 44.3. The summed E-state index contributed by atoms with van der Waals surface area (Å²) >= 11 is 0. The Bertz CT molecular complexity index is 884. The lowest BCUT2D eigenvalue weighted by molar-refractivity contribution is -0.340. The van der Waals surface area contributed by atoms with Crippen LogP contribution in [0.15, 0.2) is 36.7 Å². The predicted octanol–water partition coefficient (Wildman–Crippen LogP) is 6.81. The SMILES string of the molecule is C=C1CCC2[C@]3(C)C[C@]4(C)COC(C)(C)O[C@@H]4CC3CC[C@@]2(C)[C@@H]1CCOc1ccncc1. The van der Waals surface area contributed by atoms with Gasteiger partial charge in [-0.2, -0.15) is 0 Å². The van der Waals surface area contributed by atoms with Crippen molar-refractivity contribution in [3.8, 4) is 5.75 Å². The van der Waals surface area contributed by atoms with Crippen molar-refractivity contribution in [1.82, 2.24) is 4.98 Å². The van der Waals surface area contributed by atoms with Crippen molar-refractivity contribution >= 4 is 0 Å². The van der Waals surface area contributed by atoms with Gasteiger partial charge in [-0.05, 0) is 99.5 Å². The Morgan fingerprint density at radius 1 is 1.09 bits per heavy atom. The Hall–Kier alpha value is -1.39. The first kappa shape index (κ1) is 23.4. The van der Waals surface area contributed by atoms with E-state index in [0.717, 1.165) is 37.7 Å². The molecule has 4 heteroatoms. The highest BCUT2D eigenvalue weighted by molar-refractivity contribution is 5.20. The molecule has 0 N–H and O–H groups in total. The fourth-order valence-corrected chi connectivity index (χ4v) is 8.57. The Morgan fingerprint density at radius 3 is 2.61 bits per heavy atom. The molecule has 7 atom stereocenters. The zero-order chi connectivity index (χ0) is 23.5. The largest absolute Gasteiger partial charge is 0.493 e. The third-order valence-electron chi connectivity index (χ3n) is 10.2. The molecule has 0 radical (unpaired) electrons. The molecule has 5 rings (SSSR count). The predicted molar refractivity (Wildman–Crippen MR) is 131 cm³/mol. The first-order chi connectivity index (χ1) is 15.6. The first-order valence-corrected chi connectivity index (χ1v) is 13.1. The second kappa shape index (κ2) is 8.09. The maximum Gasteiger partial charge on any atom is 0.163 e. The van der Waals surface area contributed by atoms with Crippen LogP contribution in [0.3, 0.4) is 0 Å². The van der Waals surface area contributed by atoms with Gasteiger partial charge in [0.2, 0.25) is 0 Å². The van der Waals surface area contributed by atoms with E-state index in [1.807, 2.05) is 12.1 Å². The molecule has 1 saturated heterocycles. The molecule has 2 heterocycles. The molecule has 0 spiro atoms. The number of rotatable bonds is 4. The standard InChI is InChI=1S/C29H43NO3/c1-20-7-8-24-28(5,23(20)12-16-31-22-10-14-30-15-11-22)13-9-21-17-25-27(4,18-29(21,24)6)19-32-26(2,3)33-25/h10-11,14-15,21,23-25H,1,7-9,12-13,16-19H2,2-6H3/t21?,23-,24?,25-,27-,28+,29-/m1/s1. The van der Waals surface area contributed by atoms with Gasteiger partial charge in [0.05, 0.1) is 19.3 Å². The zero-order valence-corrected chi connectivity index (χ0v) is 21.4. The number of hydrogen-bond donors (Lipinski definition) is 0. The molecule has 182 valence electrons. The number of pyridine rings is 1. The summed E-state index contributed by atoms with van der Waals surface area (Å²) in [6.45, 7) is 17.9. The van der Waals surface area contributed by atoms with Crippen molar-refractivity contribution < 1.29 is 14.2 Å². The molecule has 4 nitrogen and oxygen atoms in total.